The second kappa shape index (κ2) is 7.14. The molecule has 0 aromatic heterocycles. The summed E-state index contributed by atoms with van der Waals surface area (Å²) >= 11 is 0. The van der Waals surface area contributed by atoms with Gasteiger partial charge in [0.2, 0.25) is 0 Å². The second-order valence-electron chi connectivity index (χ2n) is 8.33. The Morgan fingerprint density at radius 3 is 2.17 bits per heavy atom. The van der Waals surface area contributed by atoms with Gasteiger partial charge in [0.05, 0.1) is 0 Å². The molecule has 0 saturated carbocycles. The summed E-state index contributed by atoms with van der Waals surface area (Å²) in [5.74, 6) is 0.386. The van der Waals surface area contributed by atoms with E-state index in [0.29, 0.717) is 18.0 Å². The molecular weight excluding hydrogens is 310 g/mol. The van der Waals surface area contributed by atoms with Gasteiger partial charge in [-0.2, -0.15) is 8.42 Å². The van der Waals surface area contributed by atoms with E-state index in [1.54, 1.807) is 24.4 Å². The predicted octanol–water partition coefficient (Wildman–Crippen LogP) is 4.45. The van der Waals surface area contributed by atoms with Crippen molar-refractivity contribution in [3.8, 4) is 0 Å². The number of hydrogen-bond acceptors (Lipinski definition) is 3. The second-order valence-corrected chi connectivity index (χ2v) is 9.72. The summed E-state index contributed by atoms with van der Waals surface area (Å²) in [6.45, 7) is 13.9. The minimum absolute atomic E-state index is 0.105. The van der Waals surface area contributed by atoms with E-state index in [2.05, 4.69) is 46.5 Å². The largest absolute Gasteiger partial charge is 0.295 e. The van der Waals surface area contributed by atoms with Crippen molar-refractivity contribution in [3.05, 3.63) is 29.8 Å². The lowest BCUT2D eigenvalue weighted by Gasteiger charge is -2.34. The zero-order valence-electron chi connectivity index (χ0n) is 15.0. The van der Waals surface area contributed by atoms with Gasteiger partial charge in [-0.05, 0) is 29.2 Å². The lowest BCUT2D eigenvalue weighted by molar-refractivity contribution is 0.172. The van der Waals surface area contributed by atoms with Gasteiger partial charge in [0.1, 0.15) is 4.90 Å². The van der Waals surface area contributed by atoms with Crippen LogP contribution >= 0.6 is 0 Å². The van der Waals surface area contributed by atoms with Crippen molar-refractivity contribution in [3.63, 3.8) is 0 Å². The fourth-order valence-corrected chi connectivity index (χ4v) is 3.15. The molecule has 0 saturated heterocycles. The summed E-state index contributed by atoms with van der Waals surface area (Å²) < 4.78 is 32.1. The van der Waals surface area contributed by atoms with Crippen molar-refractivity contribution in [1.29, 1.82) is 0 Å². The smallest absolute Gasteiger partial charge is 0.292 e. The van der Waals surface area contributed by atoms with Crippen LogP contribution < -0.4 is 0 Å². The van der Waals surface area contributed by atoms with Gasteiger partial charge in [0.15, 0.2) is 0 Å². The summed E-state index contributed by atoms with van der Waals surface area (Å²) in [7, 11) is -4.23. The maximum Gasteiger partial charge on any atom is 0.295 e. The maximum absolute atomic E-state index is 11.4. The van der Waals surface area contributed by atoms with Crippen LogP contribution in [0.1, 0.15) is 53.5 Å². The Morgan fingerprint density at radius 1 is 1.13 bits per heavy atom. The van der Waals surface area contributed by atoms with Crippen molar-refractivity contribution >= 4 is 16.3 Å². The molecule has 0 amide bonds. The van der Waals surface area contributed by atoms with Crippen LogP contribution in [0.15, 0.2) is 34.2 Å². The molecule has 130 valence electrons. The molecule has 1 aromatic carbocycles. The molecule has 0 bridgehead atoms. The molecule has 1 unspecified atom stereocenters. The van der Waals surface area contributed by atoms with Crippen LogP contribution in [0, 0.1) is 16.7 Å². The molecule has 1 atom stereocenters. The van der Waals surface area contributed by atoms with Crippen LogP contribution in [0.3, 0.4) is 0 Å². The highest BCUT2D eigenvalue weighted by Crippen LogP contribution is 2.36. The molecule has 0 aliphatic rings. The van der Waals surface area contributed by atoms with Gasteiger partial charge >= 0.3 is 0 Å². The summed E-state index contributed by atoms with van der Waals surface area (Å²) in [6, 6.07) is 6.33. The van der Waals surface area contributed by atoms with Crippen LogP contribution in [0.25, 0.3) is 0 Å². The van der Waals surface area contributed by atoms with Gasteiger partial charge in [-0.25, -0.2) is 0 Å². The van der Waals surface area contributed by atoms with Gasteiger partial charge in [0, 0.05) is 18.3 Å². The number of aliphatic imine (C=N–C) groups is 1. The van der Waals surface area contributed by atoms with Crippen molar-refractivity contribution in [2.75, 3.05) is 6.54 Å². The monoisotopic (exact) mass is 339 g/mol. The summed E-state index contributed by atoms with van der Waals surface area (Å²) in [5, 5.41) is 0. The summed E-state index contributed by atoms with van der Waals surface area (Å²) in [6.07, 6.45) is 2.58. The van der Waals surface area contributed by atoms with Crippen LogP contribution in [-0.2, 0) is 10.1 Å². The third kappa shape index (κ3) is 6.83. The molecule has 1 N–H and O–H groups in total. The highest BCUT2D eigenvalue weighted by molar-refractivity contribution is 7.86. The van der Waals surface area contributed by atoms with Crippen LogP contribution in [0.5, 0.6) is 0 Å². The number of rotatable bonds is 5. The first-order chi connectivity index (χ1) is 10.3. The van der Waals surface area contributed by atoms with E-state index in [1.807, 2.05) is 0 Å². The van der Waals surface area contributed by atoms with Crippen molar-refractivity contribution < 1.29 is 13.0 Å². The molecule has 0 heterocycles. The Kier molecular flexibility index (Phi) is 6.16. The minimum atomic E-state index is -4.23. The van der Waals surface area contributed by atoms with E-state index in [9.17, 15) is 13.0 Å². The first-order valence-corrected chi connectivity index (χ1v) is 9.31. The van der Waals surface area contributed by atoms with Gasteiger partial charge in [-0.1, -0.05) is 59.7 Å². The van der Waals surface area contributed by atoms with Gasteiger partial charge in [-0.15, -0.1) is 0 Å². The van der Waals surface area contributed by atoms with E-state index < -0.39 is 10.1 Å². The fourth-order valence-electron chi connectivity index (χ4n) is 2.48. The Morgan fingerprint density at radius 2 is 1.70 bits per heavy atom. The Hall–Kier alpha value is -1.20. The third-order valence-corrected chi connectivity index (χ3v) is 4.76. The molecule has 0 aliphatic carbocycles. The molecule has 0 radical (unpaired) electrons. The lowest BCUT2D eigenvalue weighted by atomic mass is 9.72. The van der Waals surface area contributed by atoms with Gasteiger partial charge in [-0.3, -0.25) is 9.55 Å². The summed E-state index contributed by atoms with van der Waals surface area (Å²) in [5.41, 5.74) is 0.742. The maximum atomic E-state index is 11.4. The lowest BCUT2D eigenvalue weighted by Crippen LogP contribution is -2.28. The third-order valence-electron chi connectivity index (χ3n) is 3.84. The molecule has 1 rings (SSSR count). The molecule has 0 aliphatic heterocycles. The Balaban J connectivity index is 2.97. The van der Waals surface area contributed by atoms with E-state index in [-0.39, 0.29) is 15.7 Å². The SMILES string of the molecule is CC(C)(C)CC(CN=Cc1ccccc1S(=O)(=O)O)C(C)(C)C. The van der Waals surface area contributed by atoms with Crippen LogP contribution in [0.4, 0.5) is 0 Å². The van der Waals surface area contributed by atoms with Gasteiger partial charge in [0.25, 0.3) is 10.1 Å². The first-order valence-electron chi connectivity index (χ1n) is 7.87. The van der Waals surface area contributed by atoms with Crippen molar-refractivity contribution in [2.24, 2.45) is 21.7 Å². The average Bonchev–Trinajstić information content (AvgIpc) is 2.34. The predicted molar refractivity (Wildman–Crippen MR) is 95.7 cm³/mol. The molecule has 1 aromatic rings. The van der Waals surface area contributed by atoms with Crippen LogP contribution in [-0.4, -0.2) is 25.7 Å². The standard InChI is InChI=1S/C18H29NO3S/c1-17(2,3)11-15(18(4,5)6)13-19-12-14-9-7-8-10-16(14)23(20,21)22/h7-10,12,15H,11,13H2,1-6H3,(H,20,21,22). The first kappa shape index (κ1) is 19.8. The molecule has 5 heteroatoms. The van der Waals surface area contributed by atoms with E-state index in [1.165, 1.54) is 6.07 Å². The van der Waals surface area contributed by atoms with Crippen LogP contribution in [0.2, 0.25) is 0 Å². The average molecular weight is 340 g/mol. The number of hydrogen-bond donors (Lipinski definition) is 1. The molecule has 0 fully saturated rings. The highest BCUT2D eigenvalue weighted by Gasteiger charge is 2.28. The summed E-state index contributed by atoms with van der Waals surface area (Å²) in [4.78, 5) is 4.36. The van der Waals surface area contributed by atoms with E-state index >= 15 is 0 Å². The minimum Gasteiger partial charge on any atom is -0.292 e. The molecular formula is C18H29NO3S. The van der Waals surface area contributed by atoms with E-state index in [0.717, 1.165) is 6.42 Å². The zero-order valence-corrected chi connectivity index (χ0v) is 15.8. The van der Waals surface area contributed by atoms with E-state index in [4.69, 9.17) is 0 Å². The Labute approximate surface area is 140 Å². The number of benzene rings is 1. The Bertz CT molecular complexity index is 650. The fraction of sp³-hybridized carbons (Fsp3) is 0.611. The van der Waals surface area contributed by atoms with Crippen molar-refractivity contribution in [1.82, 2.24) is 0 Å². The number of nitrogens with zero attached hydrogens (tertiary/aromatic N) is 1. The van der Waals surface area contributed by atoms with Gasteiger partial charge < -0.3 is 0 Å². The highest BCUT2D eigenvalue weighted by atomic mass is 32.2. The molecule has 0 spiro atoms. The molecule has 4 nitrogen and oxygen atoms in total. The normalized spacial score (nSPS) is 15.1. The zero-order chi connectivity index (χ0) is 17.9. The quantitative estimate of drug-likeness (QED) is 0.636. The van der Waals surface area contributed by atoms with Crippen molar-refractivity contribution in [2.45, 2.75) is 52.9 Å². The molecule has 23 heavy (non-hydrogen) atoms. The topological polar surface area (TPSA) is 66.7 Å².